The lowest BCUT2D eigenvalue weighted by Crippen LogP contribution is -2.47. The van der Waals surface area contributed by atoms with Crippen LogP contribution in [0.1, 0.15) is 10.4 Å². The summed E-state index contributed by atoms with van der Waals surface area (Å²) in [7, 11) is 1.68. The fourth-order valence-electron chi connectivity index (χ4n) is 4.34. The van der Waals surface area contributed by atoms with Gasteiger partial charge in [-0.25, -0.2) is 4.79 Å². The number of benzene rings is 2. The maximum absolute atomic E-state index is 11.3. The Morgan fingerprint density at radius 2 is 1.68 bits per heavy atom. The Morgan fingerprint density at radius 1 is 0.912 bits per heavy atom. The molecule has 4 rings (SSSR count). The van der Waals surface area contributed by atoms with Gasteiger partial charge in [-0.3, -0.25) is 4.90 Å². The van der Waals surface area contributed by atoms with Gasteiger partial charge >= 0.3 is 5.97 Å². The van der Waals surface area contributed by atoms with Gasteiger partial charge in [0, 0.05) is 58.0 Å². The van der Waals surface area contributed by atoms with Crippen LogP contribution in [0.4, 0.5) is 5.69 Å². The van der Waals surface area contributed by atoms with Crippen molar-refractivity contribution < 1.29 is 24.1 Å². The first-order chi connectivity index (χ1) is 16.7. The van der Waals surface area contributed by atoms with Crippen LogP contribution in [-0.2, 0) is 16.0 Å². The fourth-order valence-corrected chi connectivity index (χ4v) is 4.34. The van der Waals surface area contributed by atoms with E-state index in [0.29, 0.717) is 32.2 Å². The normalized spacial score (nSPS) is 14.6. The molecule has 1 aliphatic rings. The molecule has 34 heavy (non-hydrogen) atoms. The van der Waals surface area contributed by atoms with Crippen LogP contribution in [0.15, 0.2) is 54.7 Å². The highest BCUT2D eigenvalue weighted by Gasteiger charge is 2.21. The van der Waals surface area contributed by atoms with Crippen LogP contribution in [-0.4, -0.2) is 86.8 Å². The van der Waals surface area contributed by atoms with E-state index in [1.165, 1.54) is 16.6 Å². The highest BCUT2D eigenvalue weighted by molar-refractivity contribution is 5.93. The van der Waals surface area contributed by atoms with E-state index in [1.807, 2.05) is 0 Å². The van der Waals surface area contributed by atoms with Crippen LogP contribution >= 0.6 is 0 Å². The fraction of sp³-hybridized carbons (Fsp3) is 0.423. The highest BCUT2D eigenvalue weighted by Crippen LogP contribution is 2.30. The van der Waals surface area contributed by atoms with Gasteiger partial charge in [0.15, 0.2) is 0 Å². The molecular weight excluding hydrogens is 434 g/mol. The number of nitrogens with zero attached hydrogens (tertiary/aromatic N) is 3. The Hall–Kier alpha value is -3.07. The number of carbonyl (C=O) groups is 1. The third kappa shape index (κ3) is 5.88. The minimum atomic E-state index is -0.968. The van der Waals surface area contributed by atoms with Crippen molar-refractivity contribution in [3.05, 3.63) is 60.3 Å². The molecule has 1 aromatic heterocycles. The van der Waals surface area contributed by atoms with E-state index < -0.39 is 5.97 Å². The van der Waals surface area contributed by atoms with Gasteiger partial charge in [0.2, 0.25) is 0 Å². The Morgan fingerprint density at radius 3 is 2.47 bits per heavy atom. The van der Waals surface area contributed by atoms with Crippen molar-refractivity contribution in [3.63, 3.8) is 0 Å². The van der Waals surface area contributed by atoms with Gasteiger partial charge in [-0.2, -0.15) is 0 Å². The minimum absolute atomic E-state index is 0.202. The largest absolute Gasteiger partial charge is 0.491 e. The molecule has 0 bridgehead atoms. The molecule has 2 aromatic carbocycles. The van der Waals surface area contributed by atoms with E-state index in [0.717, 1.165) is 39.3 Å². The van der Waals surface area contributed by atoms with E-state index in [4.69, 9.17) is 14.2 Å². The predicted octanol–water partition coefficient (Wildman–Crippen LogP) is 3.20. The summed E-state index contributed by atoms with van der Waals surface area (Å²) in [5.74, 6) is -0.544. The molecule has 1 N–H and O–H groups in total. The summed E-state index contributed by atoms with van der Waals surface area (Å²) >= 11 is 0. The van der Waals surface area contributed by atoms with E-state index in [-0.39, 0.29) is 5.56 Å². The number of carboxylic acids is 1. The summed E-state index contributed by atoms with van der Waals surface area (Å²) in [5.41, 5.74) is 2.69. The molecule has 0 saturated carbocycles. The number of carboxylic acid groups (broad SMARTS) is 1. The number of hydrogen-bond acceptors (Lipinski definition) is 6. The summed E-state index contributed by atoms with van der Waals surface area (Å²) in [6.45, 7) is 7.64. The summed E-state index contributed by atoms with van der Waals surface area (Å²) in [6, 6.07) is 15.3. The van der Waals surface area contributed by atoms with Crippen molar-refractivity contribution in [2.24, 2.45) is 0 Å². The Bertz CT molecular complexity index is 1080. The topological polar surface area (TPSA) is 76.4 Å². The molecule has 0 amide bonds. The van der Waals surface area contributed by atoms with Crippen LogP contribution in [0, 0.1) is 0 Å². The number of rotatable bonds is 12. The molecule has 0 spiro atoms. The lowest BCUT2D eigenvalue weighted by atomic mass is 10.2. The molecule has 0 radical (unpaired) electrons. The third-order valence-corrected chi connectivity index (χ3v) is 6.17. The van der Waals surface area contributed by atoms with Crippen LogP contribution in [0.25, 0.3) is 10.9 Å². The predicted molar refractivity (Wildman–Crippen MR) is 132 cm³/mol. The van der Waals surface area contributed by atoms with Gasteiger partial charge in [-0.05, 0) is 18.2 Å². The maximum Gasteiger partial charge on any atom is 0.339 e. The first-order valence-electron chi connectivity index (χ1n) is 11.7. The highest BCUT2D eigenvalue weighted by atomic mass is 16.5. The van der Waals surface area contributed by atoms with Gasteiger partial charge in [0.1, 0.15) is 17.9 Å². The Balaban J connectivity index is 1.31. The number of aromatic nitrogens is 1. The molecule has 0 atom stereocenters. The Labute approximate surface area is 200 Å². The van der Waals surface area contributed by atoms with Gasteiger partial charge in [-0.1, -0.05) is 30.3 Å². The number of hydrogen-bond donors (Lipinski definition) is 1. The summed E-state index contributed by atoms with van der Waals surface area (Å²) in [5, 5.41) is 10.6. The molecule has 3 aromatic rings. The molecule has 1 aliphatic heterocycles. The minimum Gasteiger partial charge on any atom is -0.491 e. The molecule has 8 heteroatoms. The number of fused-ring (bicyclic) bond motifs is 1. The second-order valence-corrected chi connectivity index (χ2v) is 8.31. The molecule has 1 fully saturated rings. The first-order valence-corrected chi connectivity index (χ1v) is 11.7. The molecular formula is C26H33N3O5. The Kier molecular flexibility index (Phi) is 8.41. The number of methoxy groups -OCH3 is 1. The summed E-state index contributed by atoms with van der Waals surface area (Å²) < 4.78 is 18.8. The molecule has 2 heterocycles. The SMILES string of the molecule is COCCOCCn1cc(N2CCN(CCOc3ccccc3C(=O)O)CC2)c2ccccc21. The first kappa shape index (κ1) is 24.1. The number of para-hydroxylation sites is 2. The van der Waals surface area contributed by atoms with Crippen molar-refractivity contribution in [3.8, 4) is 5.75 Å². The van der Waals surface area contributed by atoms with Crippen LogP contribution in [0.5, 0.6) is 5.75 Å². The molecule has 0 unspecified atom stereocenters. The van der Waals surface area contributed by atoms with Gasteiger partial charge < -0.3 is 28.8 Å². The number of aromatic carboxylic acids is 1. The van der Waals surface area contributed by atoms with Crippen LogP contribution in [0.2, 0.25) is 0 Å². The zero-order valence-electron chi connectivity index (χ0n) is 19.7. The number of piperazine rings is 1. The third-order valence-electron chi connectivity index (χ3n) is 6.17. The average Bonchev–Trinajstić information content (AvgIpc) is 3.23. The van der Waals surface area contributed by atoms with Crippen LogP contribution < -0.4 is 9.64 Å². The van der Waals surface area contributed by atoms with E-state index in [2.05, 4.69) is 44.8 Å². The maximum atomic E-state index is 11.3. The average molecular weight is 468 g/mol. The smallest absolute Gasteiger partial charge is 0.339 e. The second kappa shape index (κ2) is 11.9. The van der Waals surface area contributed by atoms with Crippen LogP contribution in [0.3, 0.4) is 0 Å². The van der Waals surface area contributed by atoms with E-state index in [9.17, 15) is 9.90 Å². The summed E-state index contributed by atoms with van der Waals surface area (Å²) in [6.07, 6.45) is 2.24. The van der Waals surface area contributed by atoms with Crippen molar-refractivity contribution in [2.75, 3.05) is 71.2 Å². The lowest BCUT2D eigenvalue weighted by Gasteiger charge is -2.35. The van der Waals surface area contributed by atoms with Crippen molar-refractivity contribution in [2.45, 2.75) is 6.54 Å². The van der Waals surface area contributed by atoms with Gasteiger partial charge in [0.25, 0.3) is 0 Å². The van der Waals surface area contributed by atoms with Crippen molar-refractivity contribution in [1.29, 1.82) is 0 Å². The van der Waals surface area contributed by atoms with E-state index >= 15 is 0 Å². The number of anilines is 1. The van der Waals surface area contributed by atoms with E-state index in [1.54, 1.807) is 31.4 Å². The lowest BCUT2D eigenvalue weighted by molar-refractivity contribution is 0.0670. The van der Waals surface area contributed by atoms with Crippen molar-refractivity contribution >= 4 is 22.6 Å². The van der Waals surface area contributed by atoms with Crippen molar-refractivity contribution in [1.82, 2.24) is 9.47 Å². The monoisotopic (exact) mass is 467 g/mol. The zero-order valence-corrected chi connectivity index (χ0v) is 19.7. The summed E-state index contributed by atoms with van der Waals surface area (Å²) in [4.78, 5) is 16.2. The molecule has 0 aliphatic carbocycles. The molecule has 8 nitrogen and oxygen atoms in total. The second-order valence-electron chi connectivity index (χ2n) is 8.31. The van der Waals surface area contributed by atoms with Gasteiger partial charge in [-0.15, -0.1) is 0 Å². The number of ether oxygens (including phenoxy) is 3. The van der Waals surface area contributed by atoms with Gasteiger partial charge in [0.05, 0.1) is 31.0 Å². The standard InChI is InChI=1S/C26H33N3O5/c1-32-18-19-33-16-15-29-20-24(21-6-2-4-8-23(21)29)28-12-10-27(11-13-28)14-17-34-25-9-5-3-7-22(25)26(30)31/h2-9,20H,10-19H2,1H3,(H,30,31). The quantitative estimate of drug-likeness (QED) is 0.410. The molecule has 182 valence electrons. The zero-order chi connectivity index (χ0) is 23.8. The molecule has 1 saturated heterocycles.